The van der Waals surface area contributed by atoms with Crippen molar-refractivity contribution in [1.29, 1.82) is 0 Å². The molecule has 1 saturated heterocycles. The third-order valence-electron chi connectivity index (χ3n) is 3.88. The van der Waals surface area contributed by atoms with E-state index in [0.29, 0.717) is 6.04 Å². The van der Waals surface area contributed by atoms with Crippen molar-refractivity contribution in [3.05, 3.63) is 32.7 Å². The van der Waals surface area contributed by atoms with Crippen LogP contribution in [-0.2, 0) is 0 Å². The van der Waals surface area contributed by atoms with Gasteiger partial charge in [0, 0.05) is 41.2 Å². The van der Waals surface area contributed by atoms with E-state index in [2.05, 4.69) is 74.1 Å². The summed E-state index contributed by atoms with van der Waals surface area (Å²) in [5, 5.41) is 3.45. The van der Waals surface area contributed by atoms with Crippen LogP contribution in [0.5, 0.6) is 0 Å². The Balaban J connectivity index is 2.19. The lowest BCUT2D eigenvalue weighted by Crippen LogP contribution is -2.45. The quantitative estimate of drug-likeness (QED) is 0.772. The summed E-state index contributed by atoms with van der Waals surface area (Å²) in [5.41, 5.74) is 1.42. The van der Waals surface area contributed by atoms with Crippen molar-refractivity contribution in [3.8, 4) is 0 Å². The third-order valence-corrected chi connectivity index (χ3v) is 4.80. The van der Waals surface area contributed by atoms with Gasteiger partial charge in [0.05, 0.1) is 0 Å². The summed E-state index contributed by atoms with van der Waals surface area (Å²) in [6, 6.07) is 7.20. The van der Waals surface area contributed by atoms with Crippen LogP contribution < -0.4 is 5.32 Å². The molecule has 0 aromatic heterocycles. The van der Waals surface area contributed by atoms with Gasteiger partial charge in [-0.25, -0.2) is 0 Å². The summed E-state index contributed by atoms with van der Waals surface area (Å²) in [6.07, 6.45) is 2.51. The van der Waals surface area contributed by atoms with Crippen LogP contribution in [0.4, 0.5) is 0 Å². The first-order chi connectivity index (χ1) is 9.56. The monoisotopic (exact) mass is 402 g/mol. The normalized spacial score (nSPS) is 18.4. The van der Waals surface area contributed by atoms with Gasteiger partial charge in [0.1, 0.15) is 0 Å². The summed E-state index contributed by atoms with van der Waals surface area (Å²) in [6.45, 7) is 9.12. The summed E-state index contributed by atoms with van der Waals surface area (Å²) in [5.74, 6) is 0.760. The van der Waals surface area contributed by atoms with Crippen LogP contribution in [-0.4, -0.2) is 31.1 Å². The minimum atomic E-state index is 0.535. The molecule has 0 spiro atoms. The molecule has 4 heteroatoms. The highest BCUT2D eigenvalue weighted by Gasteiger charge is 2.22. The Labute approximate surface area is 139 Å². The number of benzene rings is 1. The Morgan fingerprint density at radius 3 is 2.20 bits per heavy atom. The van der Waals surface area contributed by atoms with Gasteiger partial charge in [-0.2, -0.15) is 0 Å². The van der Waals surface area contributed by atoms with E-state index >= 15 is 0 Å². The molecule has 1 atom stereocenters. The Hall–Kier alpha value is 0.1000. The van der Waals surface area contributed by atoms with Gasteiger partial charge in [-0.05, 0) is 42.5 Å². The van der Waals surface area contributed by atoms with E-state index in [4.69, 9.17) is 0 Å². The highest BCUT2D eigenvalue weighted by atomic mass is 79.9. The molecule has 1 N–H and O–H groups in total. The van der Waals surface area contributed by atoms with Gasteiger partial charge in [0.15, 0.2) is 0 Å². The summed E-state index contributed by atoms with van der Waals surface area (Å²) in [4.78, 5) is 2.63. The first-order valence-electron chi connectivity index (χ1n) is 7.47. The molecule has 1 aliphatic heterocycles. The molecule has 2 rings (SSSR count). The van der Waals surface area contributed by atoms with Gasteiger partial charge in [-0.1, -0.05) is 45.7 Å². The third kappa shape index (κ3) is 4.83. The van der Waals surface area contributed by atoms with Crippen molar-refractivity contribution in [1.82, 2.24) is 10.2 Å². The van der Waals surface area contributed by atoms with Crippen LogP contribution in [0.15, 0.2) is 27.1 Å². The van der Waals surface area contributed by atoms with E-state index in [-0.39, 0.29) is 0 Å². The van der Waals surface area contributed by atoms with Gasteiger partial charge in [0.2, 0.25) is 0 Å². The van der Waals surface area contributed by atoms with Crippen molar-refractivity contribution >= 4 is 31.9 Å². The zero-order valence-electron chi connectivity index (χ0n) is 12.3. The first-order valence-corrected chi connectivity index (χ1v) is 9.05. The maximum absolute atomic E-state index is 3.62. The molecule has 1 aromatic rings. The molecular weight excluding hydrogens is 380 g/mol. The Kier molecular flexibility index (Phi) is 6.53. The molecule has 0 saturated carbocycles. The van der Waals surface area contributed by atoms with Crippen LogP contribution in [0.25, 0.3) is 0 Å². The van der Waals surface area contributed by atoms with Crippen molar-refractivity contribution in [2.75, 3.05) is 26.2 Å². The molecular formula is C16H24Br2N2. The van der Waals surface area contributed by atoms with Crippen molar-refractivity contribution in [2.45, 2.75) is 32.7 Å². The standard InChI is InChI=1S/C16H24Br2N2/c1-12(2)3-4-16(20-7-5-19-6-8-20)13-9-14(17)11-15(18)10-13/h9-12,16,19H,3-8H2,1-2H3/t16-/m1/s1. The smallest absolute Gasteiger partial charge is 0.0350 e. The van der Waals surface area contributed by atoms with E-state index in [1.165, 1.54) is 18.4 Å². The lowest BCUT2D eigenvalue weighted by molar-refractivity contribution is 0.159. The summed E-state index contributed by atoms with van der Waals surface area (Å²) in [7, 11) is 0. The molecule has 1 heterocycles. The molecule has 1 aliphatic rings. The van der Waals surface area contributed by atoms with E-state index in [9.17, 15) is 0 Å². The lowest BCUT2D eigenvalue weighted by Gasteiger charge is -2.36. The first kappa shape index (κ1) is 16.5. The van der Waals surface area contributed by atoms with Crippen LogP contribution in [0.2, 0.25) is 0 Å². The minimum absolute atomic E-state index is 0.535. The highest BCUT2D eigenvalue weighted by Crippen LogP contribution is 2.31. The fraction of sp³-hybridized carbons (Fsp3) is 0.625. The van der Waals surface area contributed by atoms with Crippen molar-refractivity contribution in [2.24, 2.45) is 5.92 Å². The van der Waals surface area contributed by atoms with Gasteiger partial charge < -0.3 is 5.32 Å². The van der Waals surface area contributed by atoms with E-state index in [0.717, 1.165) is 41.0 Å². The number of hydrogen-bond acceptors (Lipinski definition) is 2. The van der Waals surface area contributed by atoms with Crippen LogP contribution in [0.3, 0.4) is 0 Å². The second-order valence-corrected chi connectivity index (χ2v) is 7.81. The Morgan fingerprint density at radius 1 is 1.05 bits per heavy atom. The number of nitrogens with zero attached hydrogens (tertiary/aromatic N) is 1. The van der Waals surface area contributed by atoms with Crippen molar-refractivity contribution < 1.29 is 0 Å². The molecule has 0 radical (unpaired) electrons. The summed E-state index contributed by atoms with van der Waals surface area (Å²) >= 11 is 7.25. The number of nitrogens with one attached hydrogen (secondary N) is 1. The lowest BCUT2D eigenvalue weighted by atomic mass is 9.96. The van der Waals surface area contributed by atoms with Crippen LogP contribution in [0.1, 0.15) is 38.3 Å². The molecule has 0 amide bonds. The minimum Gasteiger partial charge on any atom is -0.314 e. The highest BCUT2D eigenvalue weighted by molar-refractivity contribution is 9.11. The fourth-order valence-corrected chi connectivity index (χ4v) is 4.14. The fourth-order valence-electron chi connectivity index (χ4n) is 2.81. The molecule has 112 valence electrons. The Morgan fingerprint density at radius 2 is 1.65 bits per heavy atom. The maximum Gasteiger partial charge on any atom is 0.0350 e. The number of halogens is 2. The number of rotatable bonds is 5. The number of hydrogen-bond donors (Lipinski definition) is 1. The van der Waals surface area contributed by atoms with E-state index < -0.39 is 0 Å². The van der Waals surface area contributed by atoms with E-state index in [1.807, 2.05) is 0 Å². The number of piperazine rings is 1. The zero-order chi connectivity index (χ0) is 14.5. The van der Waals surface area contributed by atoms with Crippen LogP contribution in [0, 0.1) is 5.92 Å². The molecule has 0 bridgehead atoms. The second-order valence-electron chi connectivity index (χ2n) is 5.98. The molecule has 20 heavy (non-hydrogen) atoms. The van der Waals surface area contributed by atoms with E-state index in [1.54, 1.807) is 0 Å². The molecule has 0 unspecified atom stereocenters. The average molecular weight is 404 g/mol. The Bertz CT molecular complexity index is 408. The SMILES string of the molecule is CC(C)CC[C@H](c1cc(Br)cc(Br)c1)N1CCNCC1. The van der Waals surface area contributed by atoms with Crippen molar-refractivity contribution in [3.63, 3.8) is 0 Å². The predicted octanol–water partition coefficient (Wildman–Crippen LogP) is 4.59. The molecule has 1 aromatic carbocycles. The predicted molar refractivity (Wildman–Crippen MR) is 93.1 cm³/mol. The molecule has 0 aliphatic carbocycles. The zero-order valence-corrected chi connectivity index (χ0v) is 15.5. The average Bonchev–Trinajstić information content (AvgIpc) is 2.38. The summed E-state index contributed by atoms with van der Waals surface area (Å²) < 4.78 is 2.32. The maximum atomic E-state index is 3.62. The molecule has 1 fully saturated rings. The second kappa shape index (κ2) is 7.92. The van der Waals surface area contributed by atoms with Gasteiger partial charge in [0.25, 0.3) is 0 Å². The van der Waals surface area contributed by atoms with Gasteiger partial charge in [-0.15, -0.1) is 0 Å². The topological polar surface area (TPSA) is 15.3 Å². The van der Waals surface area contributed by atoms with Crippen LogP contribution >= 0.6 is 31.9 Å². The molecule has 2 nitrogen and oxygen atoms in total. The van der Waals surface area contributed by atoms with Gasteiger partial charge >= 0.3 is 0 Å². The van der Waals surface area contributed by atoms with Gasteiger partial charge in [-0.3, -0.25) is 4.90 Å². The largest absolute Gasteiger partial charge is 0.314 e.